The average Bonchev–Trinajstić information content (AvgIpc) is 2.82. The molecule has 0 saturated heterocycles. The molecule has 0 amide bonds. The molecule has 0 aromatic heterocycles. The van der Waals surface area contributed by atoms with Gasteiger partial charge in [0.2, 0.25) is 0 Å². The van der Waals surface area contributed by atoms with Crippen molar-refractivity contribution in [3.05, 3.63) is 113 Å². The van der Waals surface area contributed by atoms with Gasteiger partial charge in [-0.3, -0.25) is 0 Å². The predicted octanol–water partition coefficient (Wildman–Crippen LogP) is 8.32. The van der Waals surface area contributed by atoms with Crippen molar-refractivity contribution in [3.63, 3.8) is 0 Å². The molecule has 1 atom stereocenters. The summed E-state index contributed by atoms with van der Waals surface area (Å²) >= 11 is 0. The minimum atomic E-state index is -1.01. The molecule has 1 unspecified atom stereocenters. The van der Waals surface area contributed by atoms with Crippen LogP contribution in [-0.2, 0) is 6.42 Å². The average molecular weight is 465 g/mol. The summed E-state index contributed by atoms with van der Waals surface area (Å²) in [7, 11) is 0. The number of halogens is 4. The first-order valence-corrected chi connectivity index (χ1v) is 11.1. The molecule has 4 rings (SSSR count). The molecule has 0 bridgehead atoms. The van der Waals surface area contributed by atoms with E-state index in [0.717, 1.165) is 24.1 Å². The van der Waals surface area contributed by atoms with Gasteiger partial charge in [-0.25, -0.2) is 17.6 Å². The van der Waals surface area contributed by atoms with Crippen LogP contribution in [0.5, 0.6) is 5.75 Å². The van der Waals surface area contributed by atoms with Gasteiger partial charge in [-0.05, 0) is 71.3 Å². The van der Waals surface area contributed by atoms with Crippen molar-refractivity contribution in [2.45, 2.75) is 26.2 Å². The van der Waals surface area contributed by atoms with Crippen LogP contribution in [0.25, 0.3) is 22.3 Å². The molecule has 0 aliphatic carbocycles. The number of hydrogen-bond donors (Lipinski definition) is 0. The summed E-state index contributed by atoms with van der Waals surface area (Å²) in [6.45, 7) is 3.80. The Kier molecular flexibility index (Phi) is 7.01. The van der Waals surface area contributed by atoms with E-state index in [-0.39, 0.29) is 12.2 Å². The molecule has 0 spiro atoms. The molecule has 0 heterocycles. The molecular formula is C29H24F4O. The molecule has 1 nitrogen and oxygen atoms in total. The van der Waals surface area contributed by atoms with Crippen LogP contribution >= 0.6 is 0 Å². The zero-order valence-electron chi connectivity index (χ0n) is 18.9. The highest BCUT2D eigenvalue weighted by molar-refractivity contribution is 5.72. The first kappa shape index (κ1) is 23.6. The lowest BCUT2D eigenvalue weighted by Crippen LogP contribution is -2.00. The molecule has 5 heteroatoms. The third-order valence-electron chi connectivity index (χ3n) is 5.82. The van der Waals surface area contributed by atoms with E-state index in [0.29, 0.717) is 17.0 Å². The highest BCUT2D eigenvalue weighted by Gasteiger charge is 2.19. The van der Waals surface area contributed by atoms with Crippen molar-refractivity contribution >= 4 is 0 Å². The van der Waals surface area contributed by atoms with Gasteiger partial charge in [0.15, 0.2) is 17.4 Å². The third kappa shape index (κ3) is 4.98. The van der Waals surface area contributed by atoms with E-state index < -0.39 is 34.6 Å². The van der Waals surface area contributed by atoms with Crippen LogP contribution in [0.15, 0.2) is 78.9 Å². The van der Waals surface area contributed by atoms with Crippen LogP contribution in [0.3, 0.4) is 0 Å². The van der Waals surface area contributed by atoms with E-state index in [1.807, 2.05) is 42.5 Å². The highest BCUT2D eigenvalue weighted by atomic mass is 19.1. The first-order chi connectivity index (χ1) is 16.4. The molecule has 4 aromatic rings. The molecule has 0 fully saturated rings. The summed E-state index contributed by atoms with van der Waals surface area (Å²) < 4.78 is 63.2. The van der Waals surface area contributed by atoms with E-state index in [1.165, 1.54) is 17.7 Å². The van der Waals surface area contributed by atoms with Crippen molar-refractivity contribution < 1.29 is 22.3 Å². The van der Waals surface area contributed by atoms with Gasteiger partial charge < -0.3 is 4.74 Å². The zero-order chi connectivity index (χ0) is 24.2. The largest absolute Gasteiger partial charge is 0.488 e. The molecular weight excluding hydrogens is 440 g/mol. The van der Waals surface area contributed by atoms with Gasteiger partial charge in [-0.15, -0.1) is 0 Å². The van der Waals surface area contributed by atoms with Gasteiger partial charge in [0.25, 0.3) is 0 Å². The smallest absolute Gasteiger partial charge is 0.190 e. The molecule has 0 aliphatic rings. The zero-order valence-corrected chi connectivity index (χ0v) is 18.9. The second kappa shape index (κ2) is 10.1. The second-order valence-corrected chi connectivity index (χ2v) is 8.23. The third-order valence-corrected chi connectivity index (χ3v) is 5.82. The maximum absolute atomic E-state index is 14.9. The molecule has 0 saturated carbocycles. The van der Waals surface area contributed by atoms with Crippen molar-refractivity contribution in [2.75, 3.05) is 6.61 Å². The second-order valence-electron chi connectivity index (χ2n) is 8.23. The quantitative estimate of drug-likeness (QED) is 0.250. The Labute approximate surface area is 196 Å². The Morgan fingerprint density at radius 3 is 1.79 bits per heavy atom. The summed E-state index contributed by atoms with van der Waals surface area (Å²) in [6.07, 6.45) is 0.834. The standard InChI is InChI=1S/C29H24F4O/c1-3-34-29-26(32)16-23(17-27(29)33)28-24(30)14-22(15-25(28)31)21-11-9-19(10-12-21)13-18(2)20-7-5-4-6-8-20/h4-12,14-18H,3,13H2,1-2H3. The van der Waals surface area contributed by atoms with E-state index in [9.17, 15) is 17.6 Å². The topological polar surface area (TPSA) is 9.23 Å². The highest BCUT2D eigenvalue weighted by Crippen LogP contribution is 2.35. The van der Waals surface area contributed by atoms with Crippen LogP contribution < -0.4 is 4.74 Å². The van der Waals surface area contributed by atoms with Gasteiger partial charge in [0.1, 0.15) is 11.6 Å². The Balaban J connectivity index is 1.59. The van der Waals surface area contributed by atoms with Crippen molar-refractivity contribution in [3.8, 4) is 28.0 Å². The number of ether oxygens (including phenoxy) is 1. The minimum Gasteiger partial charge on any atom is -0.488 e. The van der Waals surface area contributed by atoms with Crippen LogP contribution in [0.2, 0.25) is 0 Å². The fourth-order valence-electron chi connectivity index (χ4n) is 4.09. The maximum atomic E-state index is 14.9. The van der Waals surface area contributed by atoms with Gasteiger partial charge in [-0.2, -0.15) is 0 Å². The lowest BCUT2D eigenvalue weighted by Gasteiger charge is -2.13. The Hall–Kier alpha value is -3.60. The van der Waals surface area contributed by atoms with Crippen LogP contribution in [0, 0.1) is 23.3 Å². The van der Waals surface area contributed by atoms with E-state index in [4.69, 9.17) is 4.74 Å². The fraction of sp³-hybridized carbons (Fsp3) is 0.172. The Morgan fingerprint density at radius 1 is 0.676 bits per heavy atom. The summed E-state index contributed by atoms with van der Waals surface area (Å²) in [6, 6.07) is 21.8. The molecule has 0 N–H and O–H groups in total. The number of rotatable bonds is 7. The molecule has 0 radical (unpaired) electrons. The number of hydrogen-bond acceptors (Lipinski definition) is 1. The molecule has 4 aromatic carbocycles. The van der Waals surface area contributed by atoms with Crippen molar-refractivity contribution in [1.82, 2.24) is 0 Å². The van der Waals surface area contributed by atoms with Crippen LogP contribution in [0.1, 0.15) is 30.9 Å². The van der Waals surface area contributed by atoms with Crippen molar-refractivity contribution in [2.24, 2.45) is 0 Å². The molecule has 34 heavy (non-hydrogen) atoms. The maximum Gasteiger partial charge on any atom is 0.190 e. The monoisotopic (exact) mass is 464 g/mol. The van der Waals surface area contributed by atoms with Crippen LogP contribution in [0.4, 0.5) is 17.6 Å². The van der Waals surface area contributed by atoms with Crippen molar-refractivity contribution in [1.29, 1.82) is 0 Å². The summed E-state index contributed by atoms with van der Waals surface area (Å²) in [5.74, 6) is -4.07. The van der Waals surface area contributed by atoms with Gasteiger partial charge in [-0.1, -0.05) is 61.5 Å². The van der Waals surface area contributed by atoms with Gasteiger partial charge in [0, 0.05) is 0 Å². The normalized spacial score (nSPS) is 11.9. The lowest BCUT2D eigenvalue weighted by molar-refractivity contribution is 0.303. The van der Waals surface area contributed by atoms with Gasteiger partial charge in [0.05, 0.1) is 12.2 Å². The fourth-order valence-corrected chi connectivity index (χ4v) is 4.09. The Bertz CT molecular complexity index is 1240. The summed E-state index contributed by atoms with van der Waals surface area (Å²) in [5, 5.41) is 0. The van der Waals surface area contributed by atoms with Crippen LogP contribution in [-0.4, -0.2) is 6.61 Å². The summed E-state index contributed by atoms with van der Waals surface area (Å²) in [4.78, 5) is 0. The molecule has 174 valence electrons. The minimum absolute atomic E-state index is 0.0641. The Morgan fingerprint density at radius 2 is 1.24 bits per heavy atom. The number of benzene rings is 4. The SMILES string of the molecule is CCOc1c(F)cc(-c2c(F)cc(-c3ccc(CC(C)c4ccccc4)cc3)cc2F)cc1F. The van der Waals surface area contributed by atoms with Gasteiger partial charge >= 0.3 is 0 Å². The predicted molar refractivity (Wildman–Crippen MR) is 127 cm³/mol. The van der Waals surface area contributed by atoms with E-state index >= 15 is 0 Å². The summed E-state index contributed by atoms with van der Waals surface area (Å²) in [5.41, 5.74) is 2.62. The van der Waals surface area contributed by atoms with E-state index in [1.54, 1.807) is 6.92 Å². The first-order valence-electron chi connectivity index (χ1n) is 11.1. The molecule has 0 aliphatic heterocycles. The van der Waals surface area contributed by atoms with E-state index in [2.05, 4.69) is 19.1 Å². The lowest BCUT2D eigenvalue weighted by atomic mass is 9.92.